The summed E-state index contributed by atoms with van der Waals surface area (Å²) < 4.78 is 49.5. The van der Waals surface area contributed by atoms with Crippen molar-refractivity contribution in [3.05, 3.63) is 66.2 Å². The molecular formula is C27H31F3N4O2. The van der Waals surface area contributed by atoms with Crippen molar-refractivity contribution in [2.75, 3.05) is 5.32 Å². The van der Waals surface area contributed by atoms with Gasteiger partial charge in [-0.1, -0.05) is 30.3 Å². The molecule has 0 bridgehead atoms. The van der Waals surface area contributed by atoms with Crippen LogP contribution in [0, 0.1) is 0 Å². The lowest BCUT2D eigenvalue weighted by Crippen LogP contribution is -2.60. The third-order valence-corrected chi connectivity index (χ3v) is 5.91. The largest absolute Gasteiger partial charge is 0.573 e. The number of piperidine rings is 1. The van der Waals surface area contributed by atoms with Gasteiger partial charge in [0.1, 0.15) is 23.9 Å². The summed E-state index contributed by atoms with van der Waals surface area (Å²) in [7, 11) is 0. The van der Waals surface area contributed by atoms with E-state index in [4.69, 9.17) is 4.74 Å². The normalized spacial score (nSPS) is 17.4. The molecule has 1 saturated heterocycles. The van der Waals surface area contributed by atoms with Gasteiger partial charge in [-0.2, -0.15) is 0 Å². The van der Waals surface area contributed by atoms with Gasteiger partial charge >= 0.3 is 6.36 Å². The molecule has 2 heterocycles. The zero-order valence-electron chi connectivity index (χ0n) is 20.8. The second-order valence-corrected chi connectivity index (χ2v) is 10.4. The molecule has 0 saturated carbocycles. The Morgan fingerprint density at radius 1 is 0.944 bits per heavy atom. The van der Waals surface area contributed by atoms with E-state index < -0.39 is 12.1 Å². The van der Waals surface area contributed by atoms with Crippen molar-refractivity contribution < 1.29 is 22.6 Å². The zero-order valence-corrected chi connectivity index (χ0v) is 20.8. The van der Waals surface area contributed by atoms with Gasteiger partial charge < -0.3 is 20.1 Å². The van der Waals surface area contributed by atoms with Crippen LogP contribution in [-0.4, -0.2) is 33.7 Å². The van der Waals surface area contributed by atoms with Crippen LogP contribution < -0.4 is 20.1 Å². The van der Waals surface area contributed by atoms with Crippen molar-refractivity contribution in [3.8, 4) is 22.8 Å². The van der Waals surface area contributed by atoms with E-state index in [2.05, 4.69) is 53.3 Å². The first-order chi connectivity index (χ1) is 16.9. The van der Waals surface area contributed by atoms with Crippen molar-refractivity contribution >= 4 is 5.82 Å². The number of halogens is 3. The van der Waals surface area contributed by atoms with Crippen molar-refractivity contribution in [2.24, 2.45) is 0 Å². The average Bonchev–Trinajstić information content (AvgIpc) is 2.76. The number of hydrogen-bond donors (Lipinski definition) is 2. The topological polar surface area (TPSA) is 68.3 Å². The fraction of sp³-hybridized carbons (Fsp3) is 0.407. The van der Waals surface area contributed by atoms with E-state index in [0.717, 1.165) is 18.4 Å². The third-order valence-electron chi connectivity index (χ3n) is 5.91. The predicted octanol–water partition coefficient (Wildman–Crippen LogP) is 6.34. The van der Waals surface area contributed by atoms with Crippen molar-refractivity contribution in [2.45, 2.75) is 70.6 Å². The fourth-order valence-corrected chi connectivity index (χ4v) is 4.94. The number of benzene rings is 2. The Hall–Kier alpha value is -3.33. The summed E-state index contributed by atoms with van der Waals surface area (Å²) in [5.41, 5.74) is 1.25. The minimum Gasteiger partial charge on any atom is -0.489 e. The predicted molar refractivity (Wildman–Crippen MR) is 133 cm³/mol. The maximum absolute atomic E-state index is 13.2. The maximum atomic E-state index is 13.2. The number of aromatic nitrogens is 2. The number of nitrogens with one attached hydrogen (secondary N) is 2. The zero-order chi connectivity index (χ0) is 26.0. The summed E-state index contributed by atoms with van der Waals surface area (Å²) in [6, 6.07) is 17.2. The van der Waals surface area contributed by atoms with E-state index in [9.17, 15) is 13.2 Å². The molecule has 0 spiro atoms. The van der Waals surface area contributed by atoms with Crippen LogP contribution in [0.4, 0.5) is 19.0 Å². The molecule has 36 heavy (non-hydrogen) atoms. The van der Waals surface area contributed by atoms with Gasteiger partial charge in [0.25, 0.3) is 0 Å². The minimum absolute atomic E-state index is 0.0407. The second-order valence-electron chi connectivity index (χ2n) is 10.4. The third kappa shape index (κ3) is 7.10. The van der Waals surface area contributed by atoms with Crippen LogP contribution in [0.5, 0.6) is 11.5 Å². The molecule has 0 radical (unpaired) electrons. The number of anilines is 1. The van der Waals surface area contributed by atoms with Crippen LogP contribution >= 0.6 is 0 Å². The van der Waals surface area contributed by atoms with Crippen molar-refractivity contribution in [1.82, 2.24) is 15.5 Å². The maximum Gasteiger partial charge on any atom is 0.573 e. The molecule has 0 unspecified atom stereocenters. The molecule has 1 aromatic heterocycles. The van der Waals surface area contributed by atoms with E-state index in [0.29, 0.717) is 5.82 Å². The molecule has 0 amide bonds. The molecule has 1 aliphatic heterocycles. The van der Waals surface area contributed by atoms with Gasteiger partial charge in [0.05, 0.1) is 5.69 Å². The van der Waals surface area contributed by atoms with Crippen LogP contribution in [0.1, 0.15) is 46.1 Å². The van der Waals surface area contributed by atoms with Crippen LogP contribution in [0.15, 0.2) is 60.7 Å². The molecule has 3 aromatic rings. The first kappa shape index (κ1) is 25.8. The molecule has 192 valence electrons. The molecule has 2 aromatic carbocycles. The van der Waals surface area contributed by atoms with Crippen molar-refractivity contribution in [1.29, 1.82) is 0 Å². The quantitative estimate of drug-likeness (QED) is 0.395. The van der Waals surface area contributed by atoms with Crippen molar-refractivity contribution in [3.63, 3.8) is 0 Å². The molecule has 4 rings (SSSR count). The molecule has 2 N–H and O–H groups in total. The highest BCUT2D eigenvalue weighted by Crippen LogP contribution is 2.36. The summed E-state index contributed by atoms with van der Waals surface area (Å²) in [6.07, 6.45) is -3.07. The van der Waals surface area contributed by atoms with Gasteiger partial charge in [0.15, 0.2) is 0 Å². The lowest BCUT2D eigenvalue weighted by molar-refractivity contribution is -0.274. The molecule has 0 atom stereocenters. The molecular weight excluding hydrogens is 469 g/mol. The molecule has 0 aliphatic carbocycles. The number of alkyl halides is 3. The minimum atomic E-state index is -4.86. The van der Waals surface area contributed by atoms with Gasteiger partial charge in [0, 0.05) is 28.7 Å². The van der Waals surface area contributed by atoms with E-state index in [1.165, 1.54) is 12.1 Å². The van der Waals surface area contributed by atoms with E-state index >= 15 is 0 Å². The summed E-state index contributed by atoms with van der Waals surface area (Å²) in [6.45, 7) is 8.86. The van der Waals surface area contributed by atoms with Gasteiger partial charge in [-0.05, 0) is 70.4 Å². The van der Waals surface area contributed by atoms with Gasteiger partial charge in [-0.15, -0.1) is 23.4 Å². The van der Waals surface area contributed by atoms with Gasteiger partial charge in [-0.25, -0.2) is 0 Å². The lowest BCUT2D eigenvalue weighted by Gasteiger charge is -2.46. The molecule has 9 heteroatoms. The molecule has 1 aliphatic rings. The fourth-order valence-electron chi connectivity index (χ4n) is 4.94. The van der Waals surface area contributed by atoms with Crippen LogP contribution in [0.2, 0.25) is 0 Å². The van der Waals surface area contributed by atoms with Crippen LogP contribution in [-0.2, 0) is 6.61 Å². The lowest BCUT2D eigenvalue weighted by atomic mass is 9.79. The monoisotopic (exact) mass is 500 g/mol. The van der Waals surface area contributed by atoms with Crippen LogP contribution in [0.25, 0.3) is 11.3 Å². The SMILES string of the molecule is CC1(C)CC(Nc2ccc(-c3ccc(OCc4ccccc4)cc3OC(F)(F)F)nn2)CC(C)(C)N1. The number of nitrogens with zero attached hydrogens (tertiary/aromatic N) is 2. The summed E-state index contributed by atoms with van der Waals surface area (Å²) in [5.74, 6) is 0.424. The Kier molecular flexibility index (Phi) is 7.13. The number of hydrogen-bond acceptors (Lipinski definition) is 6. The van der Waals surface area contributed by atoms with Crippen LogP contribution in [0.3, 0.4) is 0 Å². The highest BCUT2D eigenvalue weighted by atomic mass is 19.4. The second kappa shape index (κ2) is 9.97. The van der Waals surface area contributed by atoms with Gasteiger partial charge in [-0.3, -0.25) is 0 Å². The van der Waals surface area contributed by atoms with E-state index in [1.54, 1.807) is 18.2 Å². The highest BCUT2D eigenvalue weighted by molar-refractivity contribution is 5.68. The van der Waals surface area contributed by atoms with E-state index in [-0.39, 0.29) is 40.7 Å². The number of rotatable bonds is 7. The first-order valence-electron chi connectivity index (χ1n) is 11.8. The summed E-state index contributed by atoms with van der Waals surface area (Å²) in [5, 5.41) is 15.5. The smallest absolute Gasteiger partial charge is 0.489 e. The Bertz CT molecular complexity index is 1150. The number of ether oxygens (including phenoxy) is 2. The highest BCUT2D eigenvalue weighted by Gasteiger charge is 2.38. The summed E-state index contributed by atoms with van der Waals surface area (Å²) >= 11 is 0. The Labute approximate surface area is 209 Å². The molecule has 6 nitrogen and oxygen atoms in total. The Balaban J connectivity index is 1.52. The average molecular weight is 501 g/mol. The first-order valence-corrected chi connectivity index (χ1v) is 11.8. The van der Waals surface area contributed by atoms with Gasteiger partial charge in [0.2, 0.25) is 0 Å². The Morgan fingerprint density at radius 2 is 1.64 bits per heavy atom. The Morgan fingerprint density at radius 3 is 2.25 bits per heavy atom. The summed E-state index contributed by atoms with van der Waals surface area (Å²) in [4.78, 5) is 0. The standard InChI is InChI=1S/C27H31F3N4O2/c1-25(2)15-19(16-26(3,4)34-25)31-24-13-12-22(32-33-24)21-11-10-20(14-23(21)36-27(28,29)30)35-17-18-8-6-5-7-9-18/h5-14,19,34H,15-17H2,1-4H3,(H,31,33). The molecule has 1 fully saturated rings. The van der Waals surface area contributed by atoms with E-state index in [1.807, 2.05) is 30.3 Å².